The number of carbonyl (C=O) groups is 2. The van der Waals surface area contributed by atoms with Crippen molar-refractivity contribution in [3.05, 3.63) is 12.2 Å². The zero-order valence-corrected chi connectivity index (χ0v) is 17.6. The van der Waals surface area contributed by atoms with Gasteiger partial charge in [-0.25, -0.2) is 0 Å². The molecule has 0 spiro atoms. The SMILES string of the molecule is CCCCC(CCCCCCCC(C)C)OC(=O)C1CC=CCC1C(=O)O. The van der Waals surface area contributed by atoms with Gasteiger partial charge in [-0.2, -0.15) is 0 Å². The van der Waals surface area contributed by atoms with Gasteiger partial charge < -0.3 is 9.84 Å². The van der Waals surface area contributed by atoms with Crippen LogP contribution in [0.25, 0.3) is 0 Å². The van der Waals surface area contributed by atoms with Gasteiger partial charge in [0.05, 0.1) is 11.8 Å². The van der Waals surface area contributed by atoms with Gasteiger partial charge in [-0.1, -0.05) is 77.9 Å². The second-order valence-corrected chi connectivity index (χ2v) is 8.43. The molecule has 0 bridgehead atoms. The Kier molecular flexibility index (Phi) is 12.1. The maximum Gasteiger partial charge on any atom is 0.310 e. The lowest BCUT2D eigenvalue weighted by molar-refractivity contribution is -0.162. The molecule has 1 aliphatic carbocycles. The van der Waals surface area contributed by atoms with Gasteiger partial charge >= 0.3 is 11.9 Å². The molecule has 0 fully saturated rings. The van der Waals surface area contributed by atoms with Crippen molar-refractivity contribution >= 4 is 11.9 Å². The molecule has 4 nitrogen and oxygen atoms in total. The third kappa shape index (κ3) is 9.97. The van der Waals surface area contributed by atoms with E-state index in [2.05, 4.69) is 20.8 Å². The summed E-state index contributed by atoms with van der Waals surface area (Å²) in [4.78, 5) is 24.0. The van der Waals surface area contributed by atoms with Crippen LogP contribution in [-0.4, -0.2) is 23.1 Å². The average molecular weight is 381 g/mol. The Labute approximate surface area is 165 Å². The third-order valence-electron chi connectivity index (χ3n) is 5.52. The van der Waals surface area contributed by atoms with E-state index in [0.717, 1.165) is 38.0 Å². The summed E-state index contributed by atoms with van der Waals surface area (Å²) in [5.74, 6) is -1.60. The van der Waals surface area contributed by atoms with E-state index in [0.29, 0.717) is 12.8 Å². The van der Waals surface area contributed by atoms with Gasteiger partial charge in [0.1, 0.15) is 6.10 Å². The molecule has 0 aliphatic heterocycles. The standard InChI is InChI=1S/C23H40O4/c1-4-5-14-19(15-10-8-6-7-9-13-18(2)3)27-23(26)21-17-12-11-16-20(21)22(24)25/h11-12,18-21H,4-10,13-17H2,1-3H3,(H,24,25). The van der Waals surface area contributed by atoms with Gasteiger partial charge in [0, 0.05) is 0 Å². The molecule has 1 aliphatic rings. The fourth-order valence-electron chi connectivity index (χ4n) is 3.75. The molecule has 0 aromatic carbocycles. The number of rotatable bonds is 14. The Morgan fingerprint density at radius 1 is 0.926 bits per heavy atom. The smallest absolute Gasteiger partial charge is 0.310 e. The largest absolute Gasteiger partial charge is 0.481 e. The Hall–Kier alpha value is -1.32. The second-order valence-electron chi connectivity index (χ2n) is 8.43. The zero-order valence-electron chi connectivity index (χ0n) is 17.6. The maximum absolute atomic E-state index is 12.6. The monoisotopic (exact) mass is 380 g/mol. The number of hydrogen-bond acceptors (Lipinski definition) is 3. The summed E-state index contributed by atoms with van der Waals surface area (Å²) in [6, 6.07) is 0. The molecule has 0 aromatic heterocycles. The first-order valence-corrected chi connectivity index (χ1v) is 11.0. The van der Waals surface area contributed by atoms with Crippen molar-refractivity contribution in [1.82, 2.24) is 0 Å². The van der Waals surface area contributed by atoms with Crippen LogP contribution in [0.3, 0.4) is 0 Å². The molecule has 1 N–H and O–H groups in total. The zero-order chi connectivity index (χ0) is 20.1. The summed E-state index contributed by atoms with van der Waals surface area (Å²) in [6.45, 7) is 6.67. The molecule has 0 amide bonds. The van der Waals surface area contributed by atoms with Crippen LogP contribution in [0, 0.1) is 17.8 Å². The van der Waals surface area contributed by atoms with Crippen LogP contribution in [0.15, 0.2) is 12.2 Å². The van der Waals surface area contributed by atoms with Crippen LogP contribution in [0.5, 0.6) is 0 Å². The molecule has 3 atom stereocenters. The number of aliphatic carboxylic acids is 1. The van der Waals surface area contributed by atoms with Crippen molar-refractivity contribution in [2.75, 3.05) is 0 Å². The van der Waals surface area contributed by atoms with Crippen molar-refractivity contribution in [3.8, 4) is 0 Å². The fraction of sp³-hybridized carbons (Fsp3) is 0.826. The van der Waals surface area contributed by atoms with Crippen LogP contribution in [0.1, 0.15) is 97.8 Å². The summed E-state index contributed by atoms with van der Waals surface area (Å²) in [5, 5.41) is 9.37. The van der Waals surface area contributed by atoms with Gasteiger partial charge in [-0.15, -0.1) is 0 Å². The number of carbonyl (C=O) groups excluding carboxylic acids is 1. The van der Waals surface area contributed by atoms with Gasteiger partial charge in [0.25, 0.3) is 0 Å². The van der Waals surface area contributed by atoms with Gasteiger partial charge in [0.15, 0.2) is 0 Å². The first-order valence-electron chi connectivity index (χ1n) is 11.0. The molecular weight excluding hydrogens is 340 g/mol. The molecule has 0 saturated carbocycles. The van der Waals surface area contributed by atoms with Crippen molar-refractivity contribution in [2.45, 2.75) is 104 Å². The lowest BCUT2D eigenvalue weighted by atomic mass is 9.83. The van der Waals surface area contributed by atoms with Crippen LogP contribution in [0.4, 0.5) is 0 Å². The Bertz CT molecular complexity index is 455. The third-order valence-corrected chi connectivity index (χ3v) is 5.52. The Morgan fingerprint density at radius 2 is 1.48 bits per heavy atom. The number of esters is 1. The average Bonchev–Trinajstić information content (AvgIpc) is 2.64. The van der Waals surface area contributed by atoms with E-state index in [9.17, 15) is 14.7 Å². The van der Waals surface area contributed by atoms with Crippen molar-refractivity contribution < 1.29 is 19.4 Å². The number of unbranched alkanes of at least 4 members (excludes halogenated alkanes) is 5. The molecule has 3 unspecified atom stereocenters. The first-order chi connectivity index (χ1) is 13.0. The van der Waals surface area contributed by atoms with E-state index in [1.807, 2.05) is 12.2 Å². The van der Waals surface area contributed by atoms with E-state index in [1.165, 1.54) is 32.1 Å². The van der Waals surface area contributed by atoms with E-state index in [1.54, 1.807) is 0 Å². The highest BCUT2D eigenvalue weighted by molar-refractivity contribution is 5.81. The minimum atomic E-state index is -0.896. The van der Waals surface area contributed by atoms with Crippen molar-refractivity contribution in [1.29, 1.82) is 0 Å². The molecule has 1 rings (SSSR count). The molecule has 27 heavy (non-hydrogen) atoms. The Morgan fingerprint density at radius 3 is 2.07 bits per heavy atom. The Balaban J connectivity index is 2.40. The minimum Gasteiger partial charge on any atom is -0.481 e. The van der Waals surface area contributed by atoms with E-state index < -0.39 is 17.8 Å². The predicted molar refractivity (Wildman–Crippen MR) is 110 cm³/mol. The first kappa shape index (κ1) is 23.7. The van der Waals surface area contributed by atoms with Gasteiger partial charge in [0.2, 0.25) is 0 Å². The van der Waals surface area contributed by atoms with E-state index >= 15 is 0 Å². The number of ether oxygens (including phenoxy) is 1. The fourth-order valence-corrected chi connectivity index (χ4v) is 3.75. The summed E-state index contributed by atoms with van der Waals surface area (Å²) in [7, 11) is 0. The highest BCUT2D eigenvalue weighted by Crippen LogP contribution is 2.28. The number of allylic oxidation sites excluding steroid dienone is 2. The van der Waals surface area contributed by atoms with E-state index in [4.69, 9.17) is 4.74 Å². The summed E-state index contributed by atoms with van der Waals surface area (Å²) >= 11 is 0. The van der Waals surface area contributed by atoms with E-state index in [-0.39, 0.29) is 12.1 Å². The molecule has 0 radical (unpaired) electrons. The summed E-state index contributed by atoms with van der Waals surface area (Å²) in [5.41, 5.74) is 0. The molecular formula is C23H40O4. The van der Waals surface area contributed by atoms with Crippen LogP contribution in [0.2, 0.25) is 0 Å². The molecule has 156 valence electrons. The number of carboxylic acids is 1. The van der Waals surface area contributed by atoms with Gasteiger partial charge in [-0.3, -0.25) is 9.59 Å². The minimum absolute atomic E-state index is 0.0616. The topological polar surface area (TPSA) is 63.6 Å². The normalized spacial score (nSPS) is 20.6. The van der Waals surface area contributed by atoms with Crippen molar-refractivity contribution in [3.63, 3.8) is 0 Å². The predicted octanol–water partition coefficient (Wildman–Crippen LogP) is 6.14. The number of hydrogen-bond donors (Lipinski definition) is 1. The molecule has 0 aromatic rings. The van der Waals surface area contributed by atoms with Crippen LogP contribution >= 0.6 is 0 Å². The highest BCUT2D eigenvalue weighted by atomic mass is 16.5. The van der Waals surface area contributed by atoms with Crippen LogP contribution in [-0.2, 0) is 14.3 Å². The summed E-state index contributed by atoms with van der Waals surface area (Å²) in [6.07, 6.45) is 15.9. The molecule has 0 heterocycles. The van der Waals surface area contributed by atoms with Crippen molar-refractivity contribution in [2.24, 2.45) is 17.8 Å². The van der Waals surface area contributed by atoms with Crippen LogP contribution < -0.4 is 0 Å². The summed E-state index contributed by atoms with van der Waals surface area (Å²) < 4.78 is 5.80. The molecule has 0 saturated heterocycles. The second kappa shape index (κ2) is 13.8. The quantitative estimate of drug-likeness (QED) is 0.223. The molecule has 4 heteroatoms. The lowest BCUT2D eigenvalue weighted by Gasteiger charge is -2.26. The number of carboxylic acid groups (broad SMARTS) is 1. The highest BCUT2D eigenvalue weighted by Gasteiger charge is 2.36. The van der Waals surface area contributed by atoms with Gasteiger partial charge in [-0.05, 0) is 38.0 Å². The lowest BCUT2D eigenvalue weighted by Crippen LogP contribution is -2.34. The maximum atomic E-state index is 12.6.